The molecule has 274 valence electrons. The van der Waals surface area contributed by atoms with Crippen LogP contribution in [0.15, 0.2) is 133 Å². The number of hydrogen-bond donors (Lipinski definition) is 3. The number of benzene rings is 5. The molecule has 10 heteroatoms. The van der Waals surface area contributed by atoms with E-state index in [2.05, 4.69) is 39.6 Å². The van der Waals surface area contributed by atoms with Gasteiger partial charge in [0, 0.05) is 24.3 Å². The van der Waals surface area contributed by atoms with Crippen LogP contribution in [0, 0.1) is 0 Å². The van der Waals surface area contributed by atoms with Gasteiger partial charge in [0.05, 0.1) is 23.1 Å². The average Bonchev–Trinajstić information content (AvgIpc) is 3.72. The monoisotopic (exact) mass is 720 g/mol. The Balaban J connectivity index is 1.19. The number of anilines is 2. The molecule has 8 rings (SSSR count). The molecular weight excluding hydrogens is 677 g/mol. The molecule has 2 aliphatic rings. The Kier molecular flexibility index (Phi) is 9.62. The maximum atomic E-state index is 15.4. The first-order chi connectivity index (χ1) is 26.2. The second-order valence-corrected chi connectivity index (χ2v) is 14.6. The number of nitrogens with one attached hydrogen (secondary N) is 2. The summed E-state index contributed by atoms with van der Waals surface area (Å²) in [6, 6.07) is 42.2. The maximum Gasteiger partial charge on any atom is 0.321 e. The Bertz CT molecular complexity index is 2220. The Labute approximate surface area is 314 Å². The number of hydrogen-bond acceptors (Lipinski definition) is 6. The third-order valence-corrected chi connectivity index (χ3v) is 10.3. The number of aromatic nitrogens is 2. The van der Waals surface area contributed by atoms with Gasteiger partial charge in [-0.3, -0.25) is 10.1 Å². The van der Waals surface area contributed by atoms with E-state index in [1.165, 1.54) is 0 Å². The van der Waals surface area contributed by atoms with Crippen LogP contribution in [0.2, 0.25) is 0 Å². The maximum absolute atomic E-state index is 15.4. The van der Waals surface area contributed by atoms with Crippen molar-refractivity contribution in [3.63, 3.8) is 0 Å². The fourth-order valence-electron chi connectivity index (χ4n) is 7.84. The van der Waals surface area contributed by atoms with Crippen LogP contribution >= 0.6 is 0 Å². The van der Waals surface area contributed by atoms with E-state index in [0.29, 0.717) is 36.6 Å². The van der Waals surface area contributed by atoms with Gasteiger partial charge in [-0.25, -0.2) is 9.78 Å². The number of nitrogens with two attached hydrogens (primary N) is 1. The molecule has 6 aromatic rings. The molecule has 10 nitrogen and oxygen atoms in total. The van der Waals surface area contributed by atoms with Gasteiger partial charge >= 0.3 is 6.03 Å². The highest BCUT2D eigenvalue weighted by molar-refractivity contribution is 6.04. The van der Waals surface area contributed by atoms with Gasteiger partial charge in [0.2, 0.25) is 5.95 Å². The minimum Gasteiger partial charge on any atom is -0.399 e. The van der Waals surface area contributed by atoms with E-state index >= 15 is 4.79 Å². The third kappa shape index (κ3) is 7.57. The summed E-state index contributed by atoms with van der Waals surface area (Å²) < 4.78 is 13.7. The molecule has 2 saturated heterocycles. The van der Waals surface area contributed by atoms with Crippen LogP contribution in [0.3, 0.4) is 0 Å². The van der Waals surface area contributed by atoms with Gasteiger partial charge in [0.15, 0.2) is 5.79 Å². The van der Waals surface area contributed by atoms with Gasteiger partial charge in [0.1, 0.15) is 12.2 Å². The van der Waals surface area contributed by atoms with Crippen LogP contribution in [0.5, 0.6) is 0 Å². The smallest absolute Gasteiger partial charge is 0.321 e. The lowest BCUT2D eigenvalue weighted by atomic mass is 9.91. The van der Waals surface area contributed by atoms with Crippen molar-refractivity contribution in [2.45, 2.75) is 69.9 Å². The first-order valence-electron chi connectivity index (χ1n) is 18.4. The molecule has 0 saturated carbocycles. The zero-order valence-corrected chi connectivity index (χ0v) is 30.4. The molecule has 1 aromatic heterocycles. The lowest BCUT2D eigenvalue weighted by molar-refractivity contribution is -0.157. The van der Waals surface area contributed by atoms with Crippen LogP contribution in [-0.2, 0) is 35.4 Å². The standard InChI is InChI=1S/C44H44N6O4/c1-44(2)53-39-37(25-29-13-5-3-6-14-29)49(27-31-17-11-19-33(23-31)41(51)48-42-46-35-21-9-10-22-36(35)47-42)43(52)50(28-32-18-12-20-34(45)24-32)38(40(39)54-44)26-30-15-7-4-8-16-30/h3-24,37-40H,25-28,45H2,1-2H3,(H2,46,47,48,51)/t37-,38-,39+,40+/m1/s1. The molecule has 3 amide bonds. The summed E-state index contributed by atoms with van der Waals surface area (Å²) in [5.41, 5.74) is 12.8. The predicted octanol–water partition coefficient (Wildman–Crippen LogP) is 7.58. The summed E-state index contributed by atoms with van der Waals surface area (Å²) in [6.45, 7) is 4.45. The number of nitrogen functional groups attached to an aromatic ring is 1. The Morgan fingerprint density at radius 2 is 1.26 bits per heavy atom. The molecule has 0 radical (unpaired) electrons. The molecule has 3 heterocycles. The van der Waals surface area contributed by atoms with Crippen LogP contribution < -0.4 is 11.1 Å². The molecule has 2 fully saturated rings. The van der Waals surface area contributed by atoms with Crippen molar-refractivity contribution in [3.8, 4) is 0 Å². The number of aromatic amines is 1. The molecule has 54 heavy (non-hydrogen) atoms. The number of H-pyrrole nitrogens is 1. The van der Waals surface area contributed by atoms with Crippen molar-refractivity contribution in [2.75, 3.05) is 11.1 Å². The first-order valence-corrected chi connectivity index (χ1v) is 18.4. The number of ether oxygens (including phenoxy) is 2. The van der Waals surface area contributed by atoms with Gasteiger partial charge in [-0.05, 0) is 85.3 Å². The minimum atomic E-state index is -0.886. The highest BCUT2D eigenvalue weighted by Gasteiger charge is 2.55. The molecule has 2 aliphatic heterocycles. The predicted molar refractivity (Wildman–Crippen MR) is 210 cm³/mol. The number of carbonyl (C=O) groups excluding carboxylic acids is 2. The summed E-state index contributed by atoms with van der Waals surface area (Å²) in [5, 5.41) is 2.90. The number of urea groups is 1. The Morgan fingerprint density at radius 3 is 1.85 bits per heavy atom. The van der Waals surface area contributed by atoms with E-state index in [1.54, 1.807) is 6.07 Å². The quantitative estimate of drug-likeness (QED) is 0.125. The highest BCUT2D eigenvalue weighted by atomic mass is 16.8. The summed E-state index contributed by atoms with van der Waals surface area (Å²) in [6.07, 6.45) is 0.218. The summed E-state index contributed by atoms with van der Waals surface area (Å²) in [5.74, 6) is -0.826. The second-order valence-electron chi connectivity index (χ2n) is 14.6. The largest absolute Gasteiger partial charge is 0.399 e. The Morgan fingerprint density at radius 1 is 0.722 bits per heavy atom. The molecule has 4 N–H and O–H groups in total. The molecule has 0 aliphatic carbocycles. The van der Waals surface area contributed by atoms with Crippen molar-refractivity contribution >= 4 is 34.6 Å². The number of imidazole rings is 1. The highest BCUT2D eigenvalue weighted by Crippen LogP contribution is 2.40. The number of fused-ring (bicyclic) bond motifs is 2. The lowest BCUT2D eigenvalue weighted by Gasteiger charge is -2.37. The Hall–Kier alpha value is -5.97. The van der Waals surface area contributed by atoms with Gasteiger partial charge < -0.3 is 30.0 Å². The second kappa shape index (κ2) is 14.8. The minimum absolute atomic E-state index is 0.143. The van der Waals surface area contributed by atoms with E-state index in [0.717, 1.165) is 33.3 Å². The first kappa shape index (κ1) is 35.1. The van der Waals surface area contributed by atoms with Crippen molar-refractivity contribution < 1.29 is 19.1 Å². The molecule has 4 atom stereocenters. The molecule has 0 bridgehead atoms. The number of rotatable bonds is 10. The van der Waals surface area contributed by atoms with Crippen molar-refractivity contribution in [2.24, 2.45) is 0 Å². The number of amides is 3. The van der Waals surface area contributed by atoms with E-state index in [9.17, 15) is 4.79 Å². The molecule has 0 spiro atoms. The average molecular weight is 721 g/mol. The fourth-order valence-corrected chi connectivity index (χ4v) is 7.84. The summed E-state index contributed by atoms with van der Waals surface area (Å²) in [7, 11) is 0. The van der Waals surface area contributed by atoms with Crippen LogP contribution in [-0.4, -0.2) is 61.8 Å². The van der Waals surface area contributed by atoms with E-state index in [-0.39, 0.29) is 24.5 Å². The number of para-hydroxylation sites is 2. The van der Waals surface area contributed by atoms with Crippen LogP contribution in [0.4, 0.5) is 16.4 Å². The van der Waals surface area contributed by atoms with Crippen LogP contribution in [0.25, 0.3) is 11.0 Å². The van der Waals surface area contributed by atoms with E-state index < -0.39 is 24.0 Å². The van der Waals surface area contributed by atoms with Gasteiger partial charge in [-0.2, -0.15) is 0 Å². The van der Waals surface area contributed by atoms with Crippen molar-refractivity contribution in [1.29, 1.82) is 0 Å². The molecular formula is C44H44N6O4. The SMILES string of the molecule is CC1(C)O[C@@H]2[C@@H](O1)[C@@H](Cc1ccccc1)N(Cc1cccc(C(=O)Nc3nc4ccccc4[nH]3)c1)C(=O)N(Cc1cccc(N)c1)[C@@H]2Cc1ccccc1. The molecule has 0 unspecified atom stereocenters. The summed E-state index contributed by atoms with van der Waals surface area (Å²) in [4.78, 5) is 40.5. The topological polar surface area (TPSA) is 126 Å². The van der Waals surface area contributed by atoms with Gasteiger partial charge in [-0.1, -0.05) is 97.1 Å². The number of carbonyl (C=O) groups is 2. The van der Waals surface area contributed by atoms with Crippen molar-refractivity contribution in [1.82, 2.24) is 19.8 Å². The zero-order valence-electron chi connectivity index (χ0n) is 30.4. The van der Waals surface area contributed by atoms with Gasteiger partial charge in [0.25, 0.3) is 5.91 Å². The molecule has 5 aromatic carbocycles. The summed E-state index contributed by atoms with van der Waals surface area (Å²) >= 11 is 0. The van der Waals surface area contributed by atoms with Gasteiger partial charge in [-0.15, -0.1) is 0 Å². The zero-order chi connectivity index (χ0) is 37.2. The van der Waals surface area contributed by atoms with E-state index in [4.69, 9.17) is 15.2 Å². The van der Waals surface area contributed by atoms with Crippen LogP contribution in [0.1, 0.15) is 46.5 Å². The van der Waals surface area contributed by atoms with E-state index in [1.807, 2.05) is 127 Å². The normalized spacial score (nSPS) is 20.8. The lowest BCUT2D eigenvalue weighted by Crippen LogP contribution is -2.51. The number of nitrogens with zero attached hydrogens (tertiary/aromatic N) is 3. The third-order valence-electron chi connectivity index (χ3n) is 10.3. The fraction of sp³-hybridized carbons (Fsp3) is 0.250. The van der Waals surface area contributed by atoms with Crippen molar-refractivity contribution in [3.05, 3.63) is 161 Å².